The van der Waals surface area contributed by atoms with Gasteiger partial charge in [0.2, 0.25) is 5.91 Å². The highest BCUT2D eigenvalue weighted by molar-refractivity contribution is 8.01. The second-order valence-corrected chi connectivity index (χ2v) is 8.46. The number of carbonyl (C=O) groups is 3. The van der Waals surface area contributed by atoms with Crippen LogP contribution < -0.4 is 20.2 Å². The summed E-state index contributed by atoms with van der Waals surface area (Å²) in [6.45, 7) is 5.24. The van der Waals surface area contributed by atoms with E-state index in [2.05, 4.69) is 10.7 Å². The number of rotatable bonds is 7. The van der Waals surface area contributed by atoms with Crippen LogP contribution in [-0.4, -0.2) is 46.8 Å². The van der Waals surface area contributed by atoms with Crippen LogP contribution >= 0.6 is 11.8 Å². The summed E-state index contributed by atoms with van der Waals surface area (Å²) in [4.78, 5) is 37.2. The molecular weight excluding hydrogens is 434 g/mol. The lowest BCUT2D eigenvalue weighted by Crippen LogP contribution is -2.45. The van der Waals surface area contributed by atoms with Gasteiger partial charge in [-0.05, 0) is 43.7 Å². The SMILES string of the molecule is CCOc1cc(NC(C)=O)ccc1C(=O)NN1C(=O)[C@H](C)S[C@H]1c1ccc(O)c(OC)c1. The Bertz CT molecular complexity index is 1040. The third kappa shape index (κ3) is 4.91. The lowest BCUT2D eigenvalue weighted by Gasteiger charge is -2.25. The normalized spacial score (nSPS) is 17.8. The molecule has 3 rings (SSSR count). The van der Waals surface area contributed by atoms with Crippen LogP contribution in [0.4, 0.5) is 5.69 Å². The first-order chi connectivity index (χ1) is 15.2. The van der Waals surface area contributed by atoms with E-state index in [-0.39, 0.29) is 39.9 Å². The molecular formula is C22H25N3O6S. The van der Waals surface area contributed by atoms with Gasteiger partial charge in [0.05, 0.1) is 24.5 Å². The van der Waals surface area contributed by atoms with Crippen molar-refractivity contribution in [2.24, 2.45) is 0 Å². The number of hydrogen-bond acceptors (Lipinski definition) is 7. The van der Waals surface area contributed by atoms with Crippen LogP contribution in [0.15, 0.2) is 36.4 Å². The van der Waals surface area contributed by atoms with Crippen molar-refractivity contribution < 1.29 is 29.0 Å². The van der Waals surface area contributed by atoms with Gasteiger partial charge in [0.1, 0.15) is 11.1 Å². The third-order valence-electron chi connectivity index (χ3n) is 4.71. The van der Waals surface area contributed by atoms with Crippen molar-refractivity contribution >= 4 is 35.2 Å². The third-order valence-corrected chi connectivity index (χ3v) is 6.06. The average Bonchev–Trinajstić information content (AvgIpc) is 3.02. The molecule has 2 aromatic carbocycles. The standard InChI is InChI=1S/C22H25N3O6S/c1-5-31-18-11-15(23-13(3)26)7-8-16(18)20(28)24-25-21(29)12(2)32-22(25)14-6-9-17(27)19(10-14)30-4/h6-12,22,27H,5H2,1-4H3,(H,23,26)(H,24,28)/t12-,22-/m0/s1. The van der Waals surface area contributed by atoms with Crippen LogP contribution in [0.25, 0.3) is 0 Å². The lowest BCUT2D eigenvalue weighted by molar-refractivity contribution is -0.132. The zero-order valence-corrected chi connectivity index (χ0v) is 19.0. The molecule has 1 fully saturated rings. The first-order valence-corrected chi connectivity index (χ1v) is 10.9. The second kappa shape index (κ2) is 9.82. The largest absolute Gasteiger partial charge is 0.504 e. The van der Waals surface area contributed by atoms with E-state index in [0.29, 0.717) is 17.9 Å². The summed E-state index contributed by atoms with van der Waals surface area (Å²) in [7, 11) is 1.44. The number of ether oxygens (including phenoxy) is 2. The van der Waals surface area contributed by atoms with E-state index in [1.165, 1.54) is 42.9 Å². The number of nitrogens with one attached hydrogen (secondary N) is 2. The van der Waals surface area contributed by atoms with Gasteiger partial charge < -0.3 is 19.9 Å². The van der Waals surface area contributed by atoms with E-state index in [0.717, 1.165) is 0 Å². The van der Waals surface area contributed by atoms with Crippen molar-refractivity contribution in [3.63, 3.8) is 0 Å². The maximum absolute atomic E-state index is 13.1. The van der Waals surface area contributed by atoms with Gasteiger partial charge in [0, 0.05) is 18.7 Å². The van der Waals surface area contributed by atoms with Crippen LogP contribution in [-0.2, 0) is 9.59 Å². The molecule has 3 amide bonds. The monoisotopic (exact) mass is 459 g/mol. The van der Waals surface area contributed by atoms with E-state index in [4.69, 9.17) is 9.47 Å². The summed E-state index contributed by atoms with van der Waals surface area (Å²) in [6.07, 6.45) is 0. The predicted molar refractivity (Wildman–Crippen MR) is 121 cm³/mol. The number of hydrazine groups is 1. The zero-order valence-electron chi connectivity index (χ0n) is 18.2. The van der Waals surface area contributed by atoms with Crippen molar-refractivity contribution in [2.75, 3.05) is 19.0 Å². The van der Waals surface area contributed by atoms with E-state index in [9.17, 15) is 19.5 Å². The Morgan fingerprint density at radius 2 is 1.94 bits per heavy atom. The van der Waals surface area contributed by atoms with Gasteiger partial charge in [-0.1, -0.05) is 6.07 Å². The van der Waals surface area contributed by atoms with Gasteiger partial charge in [-0.25, -0.2) is 5.01 Å². The molecule has 1 aliphatic heterocycles. The number of phenolic OH excluding ortho intramolecular Hbond substituents is 1. The summed E-state index contributed by atoms with van der Waals surface area (Å²) in [6, 6.07) is 9.46. The predicted octanol–water partition coefficient (Wildman–Crippen LogP) is 3.07. The molecule has 2 aromatic rings. The Balaban J connectivity index is 1.89. The fraction of sp³-hybridized carbons (Fsp3) is 0.318. The first kappa shape index (κ1) is 23.3. The van der Waals surface area contributed by atoms with E-state index in [1.807, 2.05) is 0 Å². The summed E-state index contributed by atoms with van der Waals surface area (Å²) in [5.74, 6) is -0.491. The molecule has 0 aliphatic carbocycles. The molecule has 9 nitrogen and oxygen atoms in total. The summed E-state index contributed by atoms with van der Waals surface area (Å²) in [5.41, 5.74) is 4.09. The van der Waals surface area contributed by atoms with Crippen molar-refractivity contribution in [1.82, 2.24) is 10.4 Å². The number of carbonyl (C=O) groups excluding carboxylic acids is 3. The Morgan fingerprint density at radius 3 is 2.59 bits per heavy atom. The maximum Gasteiger partial charge on any atom is 0.273 e. The molecule has 1 saturated heterocycles. The van der Waals surface area contributed by atoms with Crippen LogP contribution in [0, 0.1) is 0 Å². The number of hydrogen-bond donors (Lipinski definition) is 3. The fourth-order valence-electron chi connectivity index (χ4n) is 3.25. The number of aromatic hydroxyl groups is 1. The highest BCUT2D eigenvalue weighted by Crippen LogP contribution is 2.43. The number of phenols is 1. The van der Waals surface area contributed by atoms with Crippen molar-refractivity contribution in [3.05, 3.63) is 47.5 Å². The number of methoxy groups -OCH3 is 1. The molecule has 0 radical (unpaired) electrons. The minimum Gasteiger partial charge on any atom is -0.504 e. The molecule has 170 valence electrons. The molecule has 10 heteroatoms. The molecule has 32 heavy (non-hydrogen) atoms. The van der Waals surface area contributed by atoms with Gasteiger partial charge in [0.15, 0.2) is 11.5 Å². The number of thioether (sulfide) groups is 1. The topological polar surface area (TPSA) is 117 Å². The van der Waals surface area contributed by atoms with Crippen molar-refractivity contribution in [1.29, 1.82) is 0 Å². The lowest BCUT2D eigenvalue weighted by atomic mass is 10.1. The molecule has 0 saturated carbocycles. The van der Waals surface area contributed by atoms with Crippen molar-refractivity contribution in [3.8, 4) is 17.2 Å². The molecule has 3 N–H and O–H groups in total. The van der Waals surface area contributed by atoms with Crippen LogP contribution in [0.1, 0.15) is 42.1 Å². The fourth-order valence-corrected chi connectivity index (χ4v) is 4.45. The molecule has 1 heterocycles. The first-order valence-electron chi connectivity index (χ1n) is 9.96. The van der Waals surface area contributed by atoms with Crippen LogP contribution in [0.3, 0.4) is 0 Å². The van der Waals surface area contributed by atoms with E-state index >= 15 is 0 Å². The second-order valence-electron chi connectivity index (χ2n) is 7.04. The number of benzene rings is 2. The quantitative estimate of drug-likeness (QED) is 0.582. The minimum absolute atomic E-state index is 0.0187. The Labute approximate surface area is 190 Å². The van der Waals surface area contributed by atoms with Crippen LogP contribution in [0.5, 0.6) is 17.2 Å². The maximum atomic E-state index is 13.1. The number of anilines is 1. The molecule has 2 atom stereocenters. The molecule has 0 bridgehead atoms. The van der Waals surface area contributed by atoms with E-state index in [1.54, 1.807) is 38.1 Å². The number of amides is 3. The summed E-state index contributed by atoms with van der Waals surface area (Å²) in [5, 5.41) is 12.9. The average molecular weight is 460 g/mol. The van der Waals surface area contributed by atoms with E-state index < -0.39 is 11.3 Å². The zero-order chi connectivity index (χ0) is 23.4. The van der Waals surface area contributed by atoms with Crippen molar-refractivity contribution in [2.45, 2.75) is 31.4 Å². The number of nitrogens with zero attached hydrogens (tertiary/aromatic N) is 1. The Morgan fingerprint density at radius 1 is 1.19 bits per heavy atom. The van der Waals surface area contributed by atoms with Gasteiger partial charge in [-0.15, -0.1) is 11.8 Å². The molecule has 0 unspecified atom stereocenters. The Hall–Kier alpha value is -3.40. The summed E-state index contributed by atoms with van der Waals surface area (Å²) >= 11 is 1.37. The highest BCUT2D eigenvalue weighted by Gasteiger charge is 2.40. The molecule has 0 aromatic heterocycles. The van der Waals surface area contributed by atoms with Gasteiger partial charge in [0.25, 0.3) is 11.8 Å². The van der Waals surface area contributed by atoms with Gasteiger partial charge in [-0.3, -0.25) is 19.8 Å². The molecule has 1 aliphatic rings. The highest BCUT2D eigenvalue weighted by atomic mass is 32.2. The Kier molecular flexibility index (Phi) is 7.14. The summed E-state index contributed by atoms with van der Waals surface area (Å²) < 4.78 is 10.8. The van der Waals surface area contributed by atoms with Gasteiger partial charge in [-0.2, -0.15) is 0 Å². The van der Waals surface area contributed by atoms with Crippen LogP contribution in [0.2, 0.25) is 0 Å². The van der Waals surface area contributed by atoms with Gasteiger partial charge >= 0.3 is 0 Å². The minimum atomic E-state index is -0.526. The smallest absolute Gasteiger partial charge is 0.273 e. The molecule has 0 spiro atoms.